The van der Waals surface area contributed by atoms with Crippen molar-refractivity contribution in [2.24, 2.45) is 0 Å². The van der Waals surface area contributed by atoms with Crippen LogP contribution in [0.1, 0.15) is 112 Å². The lowest BCUT2D eigenvalue weighted by molar-refractivity contribution is -0.437. The molecule has 446 valence electrons. The maximum atomic E-state index is 13.8. The molecular weight excluding hydrogens is 1160 g/mol. The zero-order chi connectivity index (χ0) is 61.3. The van der Waals surface area contributed by atoms with E-state index < -0.39 is 62.8 Å². The van der Waals surface area contributed by atoms with Gasteiger partial charge in [0.05, 0.1) is 38.9 Å². The number of hydrogen-bond donors (Lipinski definition) is 5. The van der Waals surface area contributed by atoms with Crippen LogP contribution in [-0.2, 0) is 73.9 Å². The molecule has 0 atom stereocenters. The highest BCUT2D eigenvalue weighted by Gasteiger charge is 2.45. The number of para-hydroxylation sites is 1. The van der Waals surface area contributed by atoms with Crippen molar-refractivity contribution in [3.63, 3.8) is 0 Å². The van der Waals surface area contributed by atoms with Crippen molar-refractivity contribution >= 4 is 80.6 Å². The Balaban J connectivity index is 1.03. The molecular formula is C63H67N4O14S4+. The van der Waals surface area contributed by atoms with Crippen molar-refractivity contribution in [2.75, 3.05) is 40.9 Å². The van der Waals surface area contributed by atoms with E-state index in [1.807, 2.05) is 134 Å². The normalized spacial score (nSPS) is 17.5. The van der Waals surface area contributed by atoms with Gasteiger partial charge in [0.2, 0.25) is 17.5 Å². The summed E-state index contributed by atoms with van der Waals surface area (Å²) in [6, 6.07) is 31.5. The number of carbonyl (C=O) groups is 2. The zero-order valence-electron chi connectivity index (χ0n) is 47.4. The molecule has 0 bridgehead atoms. The molecule has 3 heterocycles. The van der Waals surface area contributed by atoms with Gasteiger partial charge in [0, 0.05) is 78.0 Å². The minimum Gasteiger partial charge on any atom is -0.356 e. The number of anilines is 2. The van der Waals surface area contributed by atoms with Crippen molar-refractivity contribution in [2.45, 2.75) is 106 Å². The number of fused-ring (bicyclic) bond motifs is 4. The summed E-state index contributed by atoms with van der Waals surface area (Å²) in [4.78, 5) is 30.2. The maximum absolute atomic E-state index is 13.8. The quantitative estimate of drug-likeness (QED) is 0.0276. The molecule has 0 saturated heterocycles. The Morgan fingerprint density at radius 3 is 2.00 bits per heavy atom. The van der Waals surface area contributed by atoms with Crippen molar-refractivity contribution in [3.05, 3.63) is 189 Å². The molecule has 1 aliphatic carbocycles. The number of aryl methyl sites for hydroxylation is 1. The van der Waals surface area contributed by atoms with E-state index in [1.165, 1.54) is 24.3 Å². The summed E-state index contributed by atoms with van der Waals surface area (Å²) in [5, 5.41) is 2.92. The zero-order valence-corrected chi connectivity index (χ0v) is 50.7. The minimum atomic E-state index is -4.60. The molecule has 5 aromatic carbocycles. The van der Waals surface area contributed by atoms with Gasteiger partial charge in [0.1, 0.15) is 6.54 Å². The van der Waals surface area contributed by atoms with Gasteiger partial charge in [-0.15, -0.1) is 0 Å². The van der Waals surface area contributed by atoms with Crippen LogP contribution in [0.2, 0.25) is 0 Å². The van der Waals surface area contributed by atoms with E-state index in [4.69, 9.17) is 0 Å². The van der Waals surface area contributed by atoms with E-state index >= 15 is 0 Å². The van der Waals surface area contributed by atoms with E-state index in [1.54, 1.807) is 17.0 Å². The molecule has 0 saturated carbocycles. The Kier molecular flexibility index (Phi) is 18.0. The summed E-state index contributed by atoms with van der Waals surface area (Å²) in [7, 11) is -17.8. The third-order valence-electron chi connectivity index (χ3n) is 16.0. The Hall–Kier alpha value is -7.33. The lowest BCUT2D eigenvalue weighted by Crippen LogP contribution is -2.35. The molecule has 18 nitrogen and oxygen atoms in total. The van der Waals surface area contributed by atoms with Crippen LogP contribution in [0.4, 0.5) is 17.1 Å². The van der Waals surface area contributed by atoms with E-state index in [-0.39, 0.29) is 66.9 Å². The van der Waals surface area contributed by atoms with Crippen LogP contribution in [0.3, 0.4) is 0 Å². The van der Waals surface area contributed by atoms with Gasteiger partial charge in [-0.3, -0.25) is 27.8 Å². The standard InChI is InChI=1S/C63H66N4O14S4/c1-62(2)52-40-50(84(76,77)78)27-29-55(52)65(36-10-38-82(70,71)72)57(62)31-25-46-15-9-16-47(26-32-58-63(3,4)53-41-51(85(79,80)81)28-30-56(53)66(58)37-11-39-83(73,74)75)61(46)48-21-18-43(19-22-48)20-33-59(68)64-35-34-60(69)67-42-49-14-6-5-12-44(49)23-24-45-13-7-8-17-54(45)67/h5-8,12-14,17-19,21-22,25-32,40-41H,9-11,15-16,20,33-39,42H2,1-4H3,(H4-,64,68,70,71,72,73,74,75,76,77,78,79,80,81)/p+1. The molecule has 85 heavy (non-hydrogen) atoms. The van der Waals surface area contributed by atoms with Crippen LogP contribution in [0.25, 0.3) is 5.57 Å². The number of benzene rings is 5. The second-order valence-electron chi connectivity index (χ2n) is 22.6. The third-order valence-corrected chi connectivity index (χ3v) is 19.3. The van der Waals surface area contributed by atoms with Crippen LogP contribution < -0.4 is 15.1 Å². The maximum Gasteiger partial charge on any atom is 0.294 e. The topological polar surface area (TPSA) is 273 Å². The van der Waals surface area contributed by atoms with Gasteiger partial charge in [0.25, 0.3) is 40.5 Å². The van der Waals surface area contributed by atoms with Gasteiger partial charge < -0.3 is 15.1 Å². The Morgan fingerprint density at radius 2 is 1.31 bits per heavy atom. The summed E-state index contributed by atoms with van der Waals surface area (Å²) in [5.74, 6) is 4.99. The highest BCUT2D eigenvalue weighted by atomic mass is 32.2. The molecule has 0 spiro atoms. The van der Waals surface area contributed by atoms with E-state index in [2.05, 4.69) is 17.2 Å². The van der Waals surface area contributed by atoms with Gasteiger partial charge >= 0.3 is 0 Å². The summed E-state index contributed by atoms with van der Waals surface area (Å²) in [6.07, 6.45) is 10.3. The fourth-order valence-electron chi connectivity index (χ4n) is 11.7. The Morgan fingerprint density at radius 1 is 0.671 bits per heavy atom. The summed E-state index contributed by atoms with van der Waals surface area (Å²) >= 11 is 0. The highest BCUT2D eigenvalue weighted by molar-refractivity contribution is 7.86. The SMILES string of the molecule is CC1(C)C(/C=C/C2=C(c3ccc(CCC(=O)NCCC(=O)N4Cc5ccccc5C#Cc5ccccc54)cc3)C(=C/C=C3/N(CCCS(=O)(=O)O)c4ccc(S(=O)(=O)O)cc4C3(C)C)/CCC2)=[N+](CCCS(=O)(=O)O)c2ccc(S(=O)(=O)O)cc21. The first-order chi connectivity index (χ1) is 40.0. The number of allylic oxidation sites excluding steroid dienone is 8. The number of hydrogen-bond acceptors (Lipinski definition) is 11. The van der Waals surface area contributed by atoms with Crippen molar-refractivity contribution in [3.8, 4) is 11.8 Å². The Bertz CT molecular complexity index is 4230. The molecule has 4 aliphatic rings. The first-order valence-electron chi connectivity index (χ1n) is 27.7. The number of nitrogens with one attached hydrogen (secondary N) is 1. The number of rotatable bonds is 20. The Labute approximate surface area is 497 Å². The second kappa shape index (κ2) is 24.6. The van der Waals surface area contributed by atoms with Gasteiger partial charge in [-0.1, -0.05) is 92.4 Å². The fraction of sp³-hybridized carbons (Fsp3) is 0.317. The molecule has 5 N–H and O–H groups in total. The molecule has 2 amide bonds. The summed E-state index contributed by atoms with van der Waals surface area (Å²) in [6.45, 7) is 8.29. The van der Waals surface area contributed by atoms with E-state index in [9.17, 15) is 61.5 Å². The molecule has 0 radical (unpaired) electrons. The average molecular weight is 1230 g/mol. The van der Waals surface area contributed by atoms with Crippen molar-refractivity contribution < 1.29 is 66.0 Å². The molecule has 9 rings (SSSR count). The molecule has 0 aromatic heterocycles. The van der Waals surface area contributed by atoms with Crippen molar-refractivity contribution in [1.82, 2.24) is 5.32 Å². The monoisotopic (exact) mass is 1230 g/mol. The predicted molar refractivity (Wildman–Crippen MR) is 326 cm³/mol. The second-order valence-corrected chi connectivity index (χ2v) is 28.5. The number of carbonyl (C=O) groups excluding carboxylic acids is 2. The molecule has 0 unspecified atom stereocenters. The molecule has 5 aromatic rings. The smallest absolute Gasteiger partial charge is 0.294 e. The lowest BCUT2D eigenvalue weighted by atomic mass is 9.79. The first kappa shape index (κ1) is 62.2. The van der Waals surface area contributed by atoms with E-state index in [0.29, 0.717) is 71.8 Å². The van der Waals surface area contributed by atoms with Crippen LogP contribution in [0.15, 0.2) is 160 Å². The first-order valence-corrected chi connectivity index (χ1v) is 33.8. The van der Waals surface area contributed by atoms with Gasteiger partial charge in [-0.05, 0) is 140 Å². The highest BCUT2D eigenvalue weighted by Crippen LogP contribution is 2.49. The molecule has 0 fully saturated rings. The minimum absolute atomic E-state index is 0.0272. The summed E-state index contributed by atoms with van der Waals surface area (Å²) < 4.78 is 138. The van der Waals surface area contributed by atoms with Crippen LogP contribution in [0, 0.1) is 11.8 Å². The lowest BCUT2D eigenvalue weighted by Gasteiger charge is -2.27. The predicted octanol–water partition coefficient (Wildman–Crippen LogP) is 9.30. The van der Waals surface area contributed by atoms with Gasteiger partial charge in [-0.2, -0.15) is 38.2 Å². The fourth-order valence-corrected chi connectivity index (χ4v) is 13.7. The van der Waals surface area contributed by atoms with Gasteiger partial charge in [-0.25, -0.2) is 0 Å². The van der Waals surface area contributed by atoms with E-state index in [0.717, 1.165) is 44.5 Å². The van der Waals surface area contributed by atoms with Crippen LogP contribution in [0.5, 0.6) is 0 Å². The van der Waals surface area contributed by atoms with Crippen LogP contribution >= 0.6 is 0 Å². The average Bonchev–Trinajstić information content (AvgIpc) is 1.90. The largest absolute Gasteiger partial charge is 0.356 e. The van der Waals surface area contributed by atoms with Crippen LogP contribution in [-0.4, -0.2) is 105 Å². The number of nitrogens with zero attached hydrogens (tertiary/aromatic N) is 3. The third kappa shape index (κ3) is 14.3. The van der Waals surface area contributed by atoms with Crippen molar-refractivity contribution in [1.29, 1.82) is 0 Å². The number of amides is 2. The molecule has 3 aliphatic heterocycles. The van der Waals surface area contributed by atoms with Gasteiger partial charge in [0.15, 0.2) is 5.71 Å². The summed E-state index contributed by atoms with van der Waals surface area (Å²) in [5.41, 5.74) is 9.51. The molecule has 22 heteroatoms.